The molecular weight excluding hydrogens is 228 g/mol. The lowest BCUT2D eigenvalue weighted by Crippen LogP contribution is -2.49. The Kier molecular flexibility index (Phi) is 5.02. The second-order valence-electron chi connectivity index (χ2n) is 6.67. The van der Waals surface area contributed by atoms with Crippen LogP contribution in [-0.2, 0) is 4.74 Å². The van der Waals surface area contributed by atoms with Crippen LogP contribution in [0.3, 0.4) is 0 Å². The number of carbonyl (C=O) groups excluding carboxylic acids is 1. The lowest BCUT2D eigenvalue weighted by atomic mass is 9.62. The van der Waals surface area contributed by atoms with Gasteiger partial charge in [0.1, 0.15) is 0 Å². The first-order valence-electron chi connectivity index (χ1n) is 6.85. The zero-order chi connectivity index (χ0) is 13.8. The summed E-state index contributed by atoms with van der Waals surface area (Å²) in [6, 6.07) is 0.213. The van der Waals surface area contributed by atoms with E-state index in [9.17, 15) is 4.79 Å². The lowest BCUT2D eigenvalue weighted by Gasteiger charge is -2.46. The largest absolute Gasteiger partial charge is 0.453 e. The van der Waals surface area contributed by atoms with Crippen molar-refractivity contribution in [3.05, 3.63) is 0 Å². The van der Waals surface area contributed by atoms with E-state index in [-0.39, 0.29) is 23.0 Å². The highest BCUT2D eigenvalue weighted by atomic mass is 16.5. The predicted octanol–water partition coefficient (Wildman–Crippen LogP) is 2.54. The zero-order valence-corrected chi connectivity index (χ0v) is 12.4. The molecule has 0 aromatic carbocycles. The smallest absolute Gasteiger partial charge is 0.407 e. The maximum absolute atomic E-state index is 11.4. The second-order valence-corrected chi connectivity index (χ2v) is 6.67. The Balaban J connectivity index is 2.68. The summed E-state index contributed by atoms with van der Waals surface area (Å²) in [5.74, 6) is 0. The van der Waals surface area contributed by atoms with Crippen molar-refractivity contribution in [1.82, 2.24) is 10.6 Å². The van der Waals surface area contributed by atoms with Crippen LogP contribution in [0.2, 0.25) is 0 Å². The highest BCUT2D eigenvalue weighted by Gasteiger charge is 2.41. The van der Waals surface area contributed by atoms with Crippen LogP contribution in [0.5, 0.6) is 0 Å². The molecule has 1 amide bonds. The standard InChI is InChI=1S/C14H28N2O2/c1-6-15-10-14(4)8-11(16-12(17)18-5)7-13(2,3)9-14/h11,15H,6-10H2,1-5H3,(H,16,17). The summed E-state index contributed by atoms with van der Waals surface area (Å²) in [7, 11) is 1.42. The van der Waals surface area contributed by atoms with Gasteiger partial charge in [0.25, 0.3) is 0 Å². The molecule has 106 valence electrons. The van der Waals surface area contributed by atoms with Crippen LogP contribution in [0.1, 0.15) is 47.0 Å². The zero-order valence-electron chi connectivity index (χ0n) is 12.4. The van der Waals surface area contributed by atoms with Gasteiger partial charge in [-0.05, 0) is 36.6 Å². The minimum atomic E-state index is -0.316. The molecule has 1 aliphatic rings. The van der Waals surface area contributed by atoms with E-state index in [4.69, 9.17) is 4.74 Å². The van der Waals surface area contributed by atoms with E-state index in [2.05, 4.69) is 38.3 Å². The van der Waals surface area contributed by atoms with Crippen LogP contribution >= 0.6 is 0 Å². The van der Waals surface area contributed by atoms with Gasteiger partial charge in [0, 0.05) is 12.6 Å². The molecule has 0 saturated heterocycles. The average Bonchev–Trinajstić information content (AvgIpc) is 2.23. The molecule has 0 spiro atoms. The molecule has 0 aliphatic heterocycles. The van der Waals surface area contributed by atoms with Gasteiger partial charge in [-0.25, -0.2) is 4.79 Å². The van der Waals surface area contributed by atoms with E-state index in [1.54, 1.807) is 0 Å². The molecule has 1 aliphatic carbocycles. The SMILES string of the molecule is CCNCC1(C)CC(NC(=O)OC)CC(C)(C)C1. The fourth-order valence-electron chi connectivity index (χ4n) is 3.52. The quantitative estimate of drug-likeness (QED) is 0.812. The molecule has 0 aromatic heterocycles. The number of rotatable bonds is 4. The molecule has 1 rings (SSSR count). The van der Waals surface area contributed by atoms with Gasteiger partial charge in [0.05, 0.1) is 7.11 Å². The van der Waals surface area contributed by atoms with Gasteiger partial charge in [-0.15, -0.1) is 0 Å². The van der Waals surface area contributed by atoms with Crippen molar-refractivity contribution in [1.29, 1.82) is 0 Å². The Morgan fingerprint density at radius 2 is 2.00 bits per heavy atom. The summed E-state index contributed by atoms with van der Waals surface area (Å²) in [5, 5.41) is 6.41. The molecule has 18 heavy (non-hydrogen) atoms. The topological polar surface area (TPSA) is 50.4 Å². The van der Waals surface area contributed by atoms with E-state index in [1.807, 2.05) is 0 Å². The molecule has 2 atom stereocenters. The summed E-state index contributed by atoms with van der Waals surface area (Å²) >= 11 is 0. The Labute approximate surface area is 111 Å². The first-order chi connectivity index (χ1) is 8.30. The molecule has 2 unspecified atom stereocenters. The maximum Gasteiger partial charge on any atom is 0.407 e. The number of hydrogen-bond acceptors (Lipinski definition) is 3. The number of alkyl carbamates (subject to hydrolysis) is 1. The van der Waals surface area contributed by atoms with Crippen molar-refractivity contribution >= 4 is 6.09 Å². The third kappa shape index (κ3) is 4.48. The minimum absolute atomic E-state index is 0.213. The van der Waals surface area contributed by atoms with Gasteiger partial charge in [-0.3, -0.25) is 0 Å². The second kappa shape index (κ2) is 5.91. The summed E-state index contributed by atoms with van der Waals surface area (Å²) < 4.78 is 4.70. The van der Waals surface area contributed by atoms with Crippen molar-refractivity contribution in [2.45, 2.75) is 53.0 Å². The molecule has 0 radical (unpaired) electrons. The fourth-order valence-corrected chi connectivity index (χ4v) is 3.52. The van der Waals surface area contributed by atoms with Crippen molar-refractivity contribution in [2.75, 3.05) is 20.2 Å². The van der Waals surface area contributed by atoms with Gasteiger partial charge < -0.3 is 15.4 Å². The van der Waals surface area contributed by atoms with Crippen LogP contribution in [0.4, 0.5) is 4.79 Å². The molecule has 2 N–H and O–H groups in total. The Morgan fingerprint density at radius 1 is 1.33 bits per heavy atom. The van der Waals surface area contributed by atoms with E-state index in [1.165, 1.54) is 13.5 Å². The molecule has 0 heterocycles. The normalized spacial score (nSPS) is 30.8. The molecule has 0 bridgehead atoms. The summed E-state index contributed by atoms with van der Waals surface area (Å²) in [6.45, 7) is 11.0. The molecule has 1 saturated carbocycles. The van der Waals surface area contributed by atoms with E-state index in [0.29, 0.717) is 0 Å². The van der Waals surface area contributed by atoms with Gasteiger partial charge >= 0.3 is 6.09 Å². The highest BCUT2D eigenvalue weighted by molar-refractivity contribution is 5.67. The lowest BCUT2D eigenvalue weighted by molar-refractivity contribution is 0.0682. The Bertz CT molecular complexity index is 292. The third-order valence-corrected chi connectivity index (χ3v) is 3.75. The molecule has 0 aromatic rings. The van der Waals surface area contributed by atoms with Crippen molar-refractivity contribution in [3.63, 3.8) is 0 Å². The van der Waals surface area contributed by atoms with E-state index >= 15 is 0 Å². The van der Waals surface area contributed by atoms with Gasteiger partial charge in [-0.2, -0.15) is 0 Å². The van der Waals surface area contributed by atoms with Gasteiger partial charge in [0.15, 0.2) is 0 Å². The van der Waals surface area contributed by atoms with Crippen LogP contribution in [0, 0.1) is 10.8 Å². The van der Waals surface area contributed by atoms with Gasteiger partial charge in [0.2, 0.25) is 0 Å². The van der Waals surface area contributed by atoms with Crippen LogP contribution in [0.15, 0.2) is 0 Å². The first-order valence-corrected chi connectivity index (χ1v) is 6.85. The maximum atomic E-state index is 11.4. The molecule has 4 heteroatoms. The van der Waals surface area contributed by atoms with Crippen molar-refractivity contribution in [3.8, 4) is 0 Å². The number of amides is 1. The molecular formula is C14H28N2O2. The van der Waals surface area contributed by atoms with Crippen LogP contribution in [0.25, 0.3) is 0 Å². The monoisotopic (exact) mass is 256 g/mol. The van der Waals surface area contributed by atoms with Crippen LogP contribution < -0.4 is 10.6 Å². The Morgan fingerprint density at radius 3 is 2.56 bits per heavy atom. The predicted molar refractivity (Wildman–Crippen MR) is 73.6 cm³/mol. The fraction of sp³-hybridized carbons (Fsp3) is 0.929. The first kappa shape index (κ1) is 15.3. The number of nitrogens with one attached hydrogen (secondary N) is 2. The number of hydrogen-bond donors (Lipinski definition) is 2. The Hall–Kier alpha value is -0.770. The number of ether oxygens (including phenoxy) is 1. The highest BCUT2D eigenvalue weighted by Crippen LogP contribution is 2.45. The number of carbonyl (C=O) groups is 1. The average molecular weight is 256 g/mol. The summed E-state index contributed by atoms with van der Waals surface area (Å²) in [4.78, 5) is 11.4. The summed E-state index contributed by atoms with van der Waals surface area (Å²) in [6.07, 6.45) is 2.90. The molecule has 1 fully saturated rings. The van der Waals surface area contributed by atoms with E-state index in [0.717, 1.165) is 25.9 Å². The van der Waals surface area contributed by atoms with Crippen LogP contribution in [-0.4, -0.2) is 32.3 Å². The van der Waals surface area contributed by atoms with Crippen molar-refractivity contribution in [2.24, 2.45) is 10.8 Å². The molecule has 4 nitrogen and oxygen atoms in total. The van der Waals surface area contributed by atoms with Crippen molar-refractivity contribution < 1.29 is 9.53 Å². The van der Waals surface area contributed by atoms with E-state index < -0.39 is 0 Å². The minimum Gasteiger partial charge on any atom is -0.453 e. The third-order valence-electron chi connectivity index (χ3n) is 3.75. The summed E-state index contributed by atoms with van der Waals surface area (Å²) in [5.41, 5.74) is 0.498. The van der Waals surface area contributed by atoms with Gasteiger partial charge in [-0.1, -0.05) is 27.7 Å². The number of methoxy groups -OCH3 is 1.